The zero-order valence-electron chi connectivity index (χ0n) is 9.51. The van der Waals surface area contributed by atoms with Gasteiger partial charge >= 0.3 is 0 Å². The highest BCUT2D eigenvalue weighted by molar-refractivity contribution is 5.64. The molecule has 0 bridgehead atoms. The molecule has 0 radical (unpaired) electrons. The number of hydrogen-bond donors (Lipinski definition) is 1. The van der Waals surface area contributed by atoms with Crippen LogP contribution >= 0.6 is 0 Å². The molecule has 3 nitrogen and oxygen atoms in total. The van der Waals surface area contributed by atoms with Crippen molar-refractivity contribution in [1.82, 2.24) is 0 Å². The van der Waals surface area contributed by atoms with E-state index < -0.39 is 5.41 Å². The molecule has 0 aliphatic heterocycles. The summed E-state index contributed by atoms with van der Waals surface area (Å²) in [6, 6.07) is 6.72. The predicted molar refractivity (Wildman–Crippen MR) is 61.4 cm³/mol. The van der Waals surface area contributed by atoms with Crippen LogP contribution in [-0.4, -0.2) is 17.7 Å². The Morgan fingerprint density at radius 1 is 1.25 bits per heavy atom. The standard InChI is InChI=1S/C13H16O3/c1-13(2,11(9-15)7-8-14)10-3-5-12(16)6-4-10/h3-6,8-9,11,16H,7H2,1-2H3. The van der Waals surface area contributed by atoms with Gasteiger partial charge in [-0.3, -0.25) is 0 Å². The molecular formula is C13H16O3. The molecule has 0 fully saturated rings. The lowest BCUT2D eigenvalue weighted by Gasteiger charge is -2.30. The van der Waals surface area contributed by atoms with Gasteiger partial charge in [0, 0.05) is 12.3 Å². The molecule has 86 valence electrons. The summed E-state index contributed by atoms with van der Waals surface area (Å²) in [5.74, 6) is -0.146. The normalized spacial score (nSPS) is 13.1. The molecule has 0 aliphatic carbocycles. The van der Waals surface area contributed by atoms with Crippen LogP contribution in [0.4, 0.5) is 0 Å². The number of aldehydes is 2. The largest absolute Gasteiger partial charge is 0.508 e. The van der Waals surface area contributed by atoms with E-state index in [0.717, 1.165) is 18.1 Å². The van der Waals surface area contributed by atoms with Crippen molar-refractivity contribution in [1.29, 1.82) is 0 Å². The predicted octanol–water partition coefficient (Wildman–Crippen LogP) is 2.07. The third kappa shape index (κ3) is 2.48. The van der Waals surface area contributed by atoms with E-state index in [0.29, 0.717) is 0 Å². The Kier molecular flexibility index (Phi) is 3.82. The maximum Gasteiger partial charge on any atom is 0.124 e. The Bertz CT molecular complexity index is 365. The van der Waals surface area contributed by atoms with Gasteiger partial charge < -0.3 is 14.7 Å². The Balaban J connectivity index is 3.02. The Morgan fingerprint density at radius 3 is 2.25 bits per heavy atom. The van der Waals surface area contributed by atoms with E-state index in [4.69, 9.17) is 0 Å². The van der Waals surface area contributed by atoms with E-state index in [-0.39, 0.29) is 18.1 Å². The average Bonchev–Trinajstić information content (AvgIpc) is 2.26. The summed E-state index contributed by atoms with van der Waals surface area (Å²) in [6.07, 6.45) is 1.81. The molecule has 0 amide bonds. The van der Waals surface area contributed by atoms with Crippen molar-refractivity contribution in [2.45, 2.75) is 25.7 Å². The minimum Gasteiger partial charge on any atom is -0.508 e. The van der Waals surface area contributed by atoms with E-state index in [1.807, 2.05) is 13.8 Å². The molecule has 0 heterocycles. The van der Waals surface area contributed by atoms with Crippen LogP contribution in [0.25, 0.3) is 0 Å². The number of benzene rings is 1. The number of carbonyl (C=O) groups excluding carboxylic acids is 2. The molecular weight excluding hydrogens is 204 g/mol. The van der Waals surface area contributed by atoms with Crippen LogP contribution in [0.15, 0.2) is 24.3 Å². The van der Waals surface area contributed by atoms with E-state index >= 15 is 0 Å². The number of phenolic OH excluding ortho intramolecular Hbond substituents is 1. The lowest BCUT2D eigenvalue weighted by molar-refractivity contribution is -0.117. The monoisotopic (exact) mass is 220 g/mol. The first kappa shape index (κ1) is 12.4. The van der Waals surface area contributed by atoms with Gasteiger partial charge in [0.1, 0.15) is 18.3 Å². The summed E-state index contributed by atoms with van der Waals surface area (Å²) in [5.41, 5.74) is 0.528. The summed E-state index contributed by atoms with van der Waals surface area (Å²) in [4.78, 5) is 21.5. The molecule has 0 saturated heterocycles. The Labute approximate surface area is 95.1 Å². The second kappa shape index (κ2) is 4.92. The van der Waals surface area contributed by atoms with Crippen LogP contribution in [0.2, 0.25) is 0 Å². The fourth-order valence-corrected chi connectivity index (χ4v) is 1.73. The zero-order chi connectivity index (χ0) is 12.2. The molecule has 1 N–H and O–H groups in total. The lowest BCUT2D eigenvalue weighted by Crippen LogP contribution is -2.30. The van der Waals surface area contributed by atoms with Crippen LogP contribution < -0.4 is 0 Å². The van der Waals surface area contributed by atoms with Gasteiger partial charge in [-0.2, -0.15) is 0 Å². The highest BCUT2D eigenvalue weighted by atomic mass is 16.3. The van der Waals surface area contributed by atoms with Gasteiger partial charge in [0.2, 0.25) is 0 Å². The number of rotatable bonds is 5. The molecule has 16 heavy (non-hydrogen) atoms. The van der Waals surface area contributed by atoms with E-state index in [2.05, 4.69) is 0 Å². The zero-order valence-corrected chi connectivity index (χ0v) is 9.51. The maximum atomic E-state index is 11.0. The average molecular weight is 220 g/mol. The van der Waals surface area contributed by atoms with Crippen LogP contribution in [0.1, 0.15) is 25.8 Å². The quantitative estimate of drug-likeness (QED) is 0.773. The molecule has 1 unspecified atom stereocenters. The minimum atomic E-state index is -0.406. The van der Waals surface area contributed by atoms with Crippen LogP contribution in [0.3, 0.4) is 0 Å². The van der Waals surface area contributed by atoms with Crippen molar-refractivity contribution >= 4 is 12.6 Å². The van der Waals surface area contributed by atoms with E-state index in [1.165, 1.54) is 0 Å². The summed E-state index contributed by atoms with van der Waals surface area (Å²) < 4.78 is 0. The van der Waals surface area contributed by atoms with Crippen LogP contribution in [-0.2, 0) is 15.0 Å². The number of hydrogen-bond acceptors (Lipinski definition) is 3. The van der Waals surface area contributed by atoms with Crippen molar-refractivity contribution in [3.8, 4) is 5.75 Å². The van der Waals surface area contributed by atoms with Crippen LogP contribution in [0, 0.1) is 5.92 Å². The molecule has 0 spiro atoms. The van der Waals surface area contributed by atoms with Crippen molar-refractivity contribution < 1.29 is 14.7 Å². The summed E-state index contributed by atoms with van der Waals surface area (Å²) >= 11 is 0. The second-order valence-electron chi connectivity index (χ2n) is 4.41. The highest BCUT2D eigenvalue weighted by Crippen LogP contribution is 2.32. The molecule has 3 heteroatoms. The number of phenols is 1. The second-order valence-corrected chi connectivity index (χ2v) is 4.41. The Morgan fingerprint density at radius 2 is 1.81 bits per heavy atom. The number of carbonyl (C=O) groups is 2. The Hall–Kier alpha value is -1.64. The van der Waals surface area contributed by atoms with Gasteiger partial charge in [0.25, 0.3) is 0 Å². The third-order valence-corrected chi connectivity index (χ3v) is 3.05. The van der Waals surface area contributed by atoms with Crippen molar-refractivity contribution in [3.05, 3.63) is 29.8 Å². The summed E-state index contributed by atoms with van der Waals surface area (Å²) in [7, 11) is 0. The minimum absolute atomic E-state index is 0.192. The lowest BCUT2D eigenvalue weighted by atomic mass is 9.73. The fourth-order valence-electron chi connectivity index (χ4n) is 1.73. The molecule has 1 aromatic rings. The molecule has 1 atom stereocenters. The maximum absolute atomic E-state index is 11.0. The van der Waals surface area contributed by atoms with Gasteiger partial charge in [0.05, 0.1) is 0 Å². The third-order valence-electron chi connectivity index (χ3n) is 3.05. The topological polar surface area (TPSA) is 54.4 Å². The van der Waals surface area contributed by atoms with E-state index in [9.17, 15) is 14.7 Å². The molecule has 0 aromatic heterocycles. The highest BCUT2D eigenvalue weighted by Gasteiger charge is 2.30. The number of aromatic hydroxyl groups is 1. The van der Waals surface area contributed by atoms with Gasteiger partial charge in [-0.25, -0.2) is 0 Å². The van der Waals surface area contributed by atoms with Crippen molar-refractivity contribution in [3.63, 3.8) is 0 Å². The summed E-state index contributed by atoms with van der Waals surface area (Å²) in [5, 5.41) is 9.20. The van der Waals surface area contributed by atoms with Crippen LogP contribution in [0.5, 0.6) is 5.75 Å². The smallest absolute Gasteiger partial charge is 0.124 e. The van der Waals surface area contributed by atoms with Gasteiger partial charge in [-0.1, -0.05) is 26.0 Å². The van der Waals surface area contributed by atoms with Gasteiger partial charge in [-0.05, 0) is 23.1 Å². The first-order chi connectivity index (χ1) is 7.52. The van der Waals surface area contributed by atoms with Gasteiger partial charge in [0.15, 0.2) is 0 Å². The van der Waals surface area contributed by atoms with Gasteiger partial charge in [-0.15, -0.1) is 0 Å². The SMILES string of the molecule is CC(C)(c1ccc(O)cc1)C(C=O)CC=O. The molecule has 1 rings (SSSR count). The summed E-state index contributed by atoms with van der Waals surface area (Å²) in [6.45, 7) is 3.84. The molecule has 0 saturated carbocycles. The molecule has 0 aliphatic rings. The first-order valence-electron chi connectivity index (χ1n) is 5.20. The van der Waals surface area contributed by atoms with Crippen molar-refractivity contribution in [2.24, 2.45) is 5.92 Å². The fraction of sp³-hybridized carbons (Fsp3) is 0.385. The van der Waals surface area contributed by atoms with E-state index in [1.54, 1.807) is 24.3 Å². The molecule has 1 aromatic carbocycles. The van der Waals surface area contributed by atoms with Crippen molar-refractivity contribution in [2.75, 3.05) is 0 Å². The first-order valence-corrected chi connectivity index (χ1v) is 5.20.